The zero-order chi connectivity index (χ0) is 11.4. The molecule has 1 atom stereocenters. The monoisotopic (exact) mass is 331 g/mol. The summed E-state index contributed by atoms with van der Waals surface area (Å²) < 4.78 is 2.13. The van der Waals surface area contributed by atoms with Crippen LogP contribution >= 0.6 is 31.9 Å². The van der Waals surface area contributed by atoms with Gasteiger partial charge in [-0.3, -0.25) is 0 Å². The molecule has 1 aromatic rings. The van der Waals surface area contributed by atoms with Crippen molar-refractivity contribution in [1.82, 2.24) is 0 Å². The van der Waals surface area contributed by atoms with Crippen LogP contribution in [0.2, 0.25) is 0 Å². The highest BCUT2D eigenvalue weighted by molar-refractivity contribution is 9.11. The average Bonchev–Trinajstić information content (AvgIpc) is 2.18. The number of benzene rings is 1. The second-order valence-electron chi connectivity index (χ2n) is 3.77. The fraction of sp³-hybridized carbons (Fsp3) is 0.333. The first-order chi connectivity index (χ1) is 7.00. The molecule has 1 unspecified atom stereocenters. The average molecular weight is 333 g/mol. The standard InChI is InChI=1S/C12H15Br2N/c1-8(2)3-6-12(15)10-7-9(13)4-5-11(10)14/h4-5,7,12H,1,3,6,15H2,2H3. The van der Waals surface area contributed by atoms with Crippen molar-refractivity contribution in [2.24, 2.45) is 5.73 Å². The van der Waals surface area contributed by atoms with Crippen LogP contribution in [0.25, 0.3) is 0 Å². The number of allylic oxidation sites excluding steroid dienone is 1. The number of hydrogen-bond acceptors (Lipinski definition) is 1. The van der Waals surface area contributed by atoms with E-state index in [0.717, 1.165) is 27.4 Å². The highest BCUT2D eigenvalue weighted by atomic mass is 79.9. The van der Waals surface area contributed by atoms with Gasteiger partial charge in [-0.1, -0.05) is 37.4 Å². The van der Waals surface area contributed by atoms with Crippen molar-refractivity contribution in [3.05, 3.63) is 44.9 Å². The maximum Gasteiger partial charge on any atom is 0.0309 e. The second kappa shape index (κ2) is 5.83. The van der Waals surface area contributed by atoms with Crippen molar-refractivity contribution in [2.75, 3.05) is 0 Å². The molecule has 0 aromatic heterocycles. The summed E-state index contributed by atoms with van der Waals surface area (Å²) >= 11 is 6.97. The minimum atomic E-state index is 0.0635. The van der Waals surface area contributed by atoms with E-state index in [0.29, 0.717) is 0 Å². The Morgan fingerprint density at radius 2 is 2.13 bits per heavy atom. The Bertz CT molecular complexity index is 361. The number of halogens is 2. The van der Waals surface area contributed by atoms with Crippen LogP contribution in [0.15, 0.2) is 39.3 Å². The van der Waals surface area contributed by atoms with E-state index < -0.39 is 0 Å². The molecule has 1 nitrogen and oxygen atoms in total. The van der Waals surface area contributed by atoms with E-state index in [9.17, 15) is 0 Å². The van der Waals surface area contributed by atoms with Crippen molar-refractivity contribution >= 4 is 31.9 Å². The first-order valence-corrected chi connectivity index (χ1v) is 6.44. The zero-order valence-electron chi connectivity index (χ0n) is 8.76. The molecule has 0 saturated heterocycles. The van der Waals surface area contributed by atoms with Crippen molar-refractivity contribution in [3.8, 4) is 0 Å². The van der Waals surface area contributed by atoms with Gasteiger partial charge >= 0.3 is 0 Å². The lowest BCUT2D eigenvalue weighted by atomic mass is 10.0. The van der Waals surface area contributed by atoms with Gasteiger partial charge in [-0.25, -0.2) is 0 Å². The highest BCUT2D eigenvalue weighted by Gasteiger charge is 2.10. The predicted octanol–water partition coefficient (Wildman–Crippen LogP) is 4.57. The van der Waals surface area contributed by atoms with Crippen LogP contribution in [-0.2, 0) is 0 Å². The molecule has 0 aliphatic rings. The van der Waals surface area contributed by atoms with Crippen LogP contribution in [-0.4, -0.2) is 0 Å². The number of rotatable bonds is 4. The maximum atomic E-state index is 6.12. The Labute approximate surface area is 108 Å². The lowest BCUT2D eigenvalue weighted by Gasteiger charge is -2.14. The van der Waals surface area contributed by atoms with E-state index >= 15 is 0 Å². The molecule has 0 amide bonds. The molecule has 82 valence electrons. The lowest BCUT2D eigenvalue weighted by Crippen LogP contribution is -2.10. The zero-order valence-corrected chi connectivity index (χ0v) is 11.9. The molecule has 0 spiro atoms. The topological polar surface area (TPSA) is 26.0 Å². The minimum Gasteiger partial charge on any atom is -0.324 e. The SMILES string of the molecule is C=C(C)CCC(N)c1cc(Br)ccc1Br. The van der Waals surface area contributed by atoms with Crippen LogP contribution in [0.3, 0.4) is 0 Å². The van der Waals surface area contributed by atoms with E-state index in [-0.39, 0.29) is 6.04 Å². The van der Waals surface area contributed by atoms with Crippen molar-refractivity contribution < 1.29 is 0 Å². The molecule has 0 heterocycles. The molecular formula is C12H15Br2N. The summed E-state index contributed by atoms with van der Waals surface area (Å²) in [5, 5.41) is 0. The first kappa shape index (κ1) is 12.9. The molecule has 15 heavy (non-hydrogen) atoms. The van der Waals surface area contributed by atoms with Crippen molar-refractivity contribution in [1.29, 1.82) is 0 Å². The molecule has 0 saturated carbocycles. The number of hydrogen-bond donors (Lipinski definition) is 1. The van der Waals surface area contributed by atoms with E-state index in [1.807, 2.05) is 19.1 Å². The van der Waals surface area contributed by atoms with Gasteiger partial charge < -0.3 is 5.73 Å². The minimum absolute atomic E-state index is 0.0635. The van der Waals surface area contributed by atoms with E-state index in [2.05, 4.69) is 44.5 Å². The van der Waals surface area contributed by atoms with Gasteiger partial charge in [0.1, 0.15) is 0 Å². The van der Waals surface area contributed by atoms with Gasteiger partial charge in [-0.2, -0.15) is 0 Å². The fourth-order valence-corrected chi connectivity index (χ4v) is 2.28. The van der Waals surface area contributed by atoms with Crippen LogP contribution in [0.4, 0.5) is 0 Å². The fourth-order valence-electron chi connectivity index (χ4n) is 1.36. The summed E-state index contributed by atoms with van der Waals surface area (Å²) in [6, 6.07) is 6.14. The van der Waals surface area contributed by atoms with Gasteiger partial charge in [-0.15, -0.1) is 6.58 Å². The molecule has 0 fully saturated rings. The third-order valence-corrected chi connectivity index (χ3v) is 3.46. The van der Waals surface area contributed by atoms with Crippen LogP contribution in [0.1, 0.15) is 31.4 Å². The Kier molecular flexibility index (Phi) is 5.03. The predicted molar refractivity (Wildman–Crippen MR) is 72.8 cm³/mol. The van der Waals surface area contributed by atoms with Gasteiger partial charge in [0, 0.05) is 15.0 Å². The summed E-state index contributed by atoms with van der Waals surface area (Å²) in [5.74, 6) is 0. The quantitative estimate of drug-likeness (QED) is 0.803. The Hall–Kier alpha value is -0.120. The first-order valence-electron chi connectivity index (χ1n) is 4.85. The van der Waals surface area contributed by atoms with Crippen molar-refractivity contribution in [2.45, 2.75) is 25.8 Å². The molecule has 0 bridgehead atoms. The molecule has 2 N–H and O–H groups in total. The van der Waals surface area contributed by atoms with Crippen LogP contribution < -0.4 is 5.73 Å². The summed E-state index contributed by atoms with van der Waals surface area (Å²) in [5.41, 5.74) is 8.44. The molecule has 0 aliphatic heterocycles. The maximum absolute atomic E-state index is 6.12. The highest BCUT2D eigenvalue weighted by Crippen LogP contribution is 2.28. The van der Waals surface area contributed by atoms with Gasteiger partial charge in [0.2, 0.25) is 0 Å². The second-order valence-corrected chi connectivity index (χ2v) is 5.54. The van der Waals surface area contributed by atoms with Crippen LogP contribution in [0, 0.1) is 0 Å². The molecule has 0 aliphatic carbocycles. The molecule has 1 rings (SSSR count). The molecule has 3 heteroatoms. The Morgan fingerprint density at radius 3 is 2.73 bits per heavy atom. The largest absolute Gasteiger partial charge is 0.324 e. The normalized spacial score (nSPS) is 12.5. The molecule has 1 aromatic carbocycles. The summed E-state index contributed by atoms with van der Waals surface area (Å²) in [6.07, 6.45) is 1.91. The summed E-state index contributed by atoms with van der Waals surface area (Å²) in [6.45, 7) is 5.91. The lowest BCUT2D eigenvalue weighted by molar-refractivity contribution is 0.646. The third-order valence-electron chi connectivity index (χ3n) is 2.24. The number of nitrogens with two attached hydrogens (primary N) is 1. The molecular weight excluding hydrogens is 318 g/mol. The Morgan fingerprint density at radius 1 is 1.47 bits per heavy atom. The Balaban J connectivity index is 2.76. The summed E-state index contributed by atoms with van der Waals surface area (Å²) in [7, 11) is 0. The smallest absolute Gasteiger partial charge is 0.0309 e. The van der Waals surface area contributed by atoms with Gasteiger partial charge in [-0.05, 0) is 43.5 Å². The van der Waals surface area contributed by atoms with Crippen molar-refractivity contribution in [3.63, 3.8) is 0 Å². The van der Waals surface area contributed by atoms with Gasteiger partial charge in [0.25, 0.3) is 0 Å². The summed E-state index contributed by atoms with van der Waals surface area (Å²) in [4.78, 5) is 0. The van der Waals surface area contributed by atoms with E-state index in [4.69, 9.17) is 5.73 Å². The molecule has 0 radical (unpaired) electrons. The van der Waals surface area contributed by atoms with E-state index in [1.165, 1.54) is 5.57 Å². The van der Waals surface area contributed by atoms with Crippen LogP contribution in [0.5, 0.6) is 0 Å². The third kappa shape index (κ3) is 4.09. The van der Waals surface area contributed by atoms with E-state index in [1.54, 1.807) is 0 Å². The van der Waals surface area contributed by atoms with Gasteiger partial charge in [0.05, 0.1) is 0 Å². The van der Waals surface area contributed by atoms with Gasteiger partial charge in [0.15, 0.2) is 0 Å².